The smallest absolute Gasteiger partial charge is 0.278 e. The van der Waals surface area contributed by atoms with Crippen LogP contribution in [0.1, 0.15) is 57.5 Å². The molecular formula is C25H30N8O. The summed E-state index contributed by atoms with van der Waals surface area (Å²) in [7, 11) is 0. The minimum absolute atomic E-state index is 0.102. The number of hydrogen-bond donors (Lipinski definition) is 2. The van der Waals surface area contributed by atoms with Crippen LogP contribution in [0.2, 0.25) is 0 Å². The van der Waals surface area contributed by atoms with Crippen molar-refractivity contribution in [3.63, 3.8) is 0 Å². The Kier molecular flexibility index (Phi) is 5.44. The fraction of sp³-hybridized carbons (Fsp3) is 0.400. The molecule has 176 valence electrons. The van der Waals surface area contributed by atoms with Gasteiger partial charge in [-0.25, -0.2) is 14.3 Å². The van der Waals surface area contributed by atoms with Crippen molar-refractivity contribution in [3.8, 4) is 5.82 Å². The predicted octanol–water partition coefficient (Wildman–Crippen LogP) is 3.64. The zero-order valence-electron chi connectivity index (χ0n) is 20.3. The van der Waals surface area contributed by atoms with Gasteiger partial charge in [0.2, 0.25) is 5.95 Å². The molecule has 0 spiro atoms. The zero-order chi connectivity index (χ0) is 24.0. The lowest BCUT2D eigenvalue weighted by molar-refractivity contribution is 0.468. The number of nitrogens with one attached hydrogen (secondary N) is 2. The van der Waals surface area contributed by atoms with Crippen LogP contribution in [0.3, 0.4) is 0 Å². The van der Waals surface area contributed by atoms with Gasteiger partial charge in [-0.1, -0.05) is 26.8 Å². The van der Waals surface area contributed by atoms with E-state index in [4.69, 9.17) is 4.98 Å². The quantitative estimate of drug-likeness (QED) is 0.481. The van der Waals surface area contributed by atoms with E-state index in [0.717, 1.165) is 30.9 Å². The molecule has 0 bridgehead atoms. The van der Waals surface area contributed by atoms with Gasteiger partial charge in [0.05, 0.1) is 5.69 Å². The molecule has 0 atom stereocenters. The zero-order valence-corrected chi connectivity index (χ0v) is 20.3. The molecular weight excluding hydrogens is 428 g/mol. The van der Waals surface area contributed by atoms with E-state index in [2.05, 4.69) is 58.7 Å². The average molecular weight is 459 g/mol. The van der Waals surface area contributed by atoms with Crippen molar-refractivity contribution in [2.75, 3.05) is 11.9 Å². The van der Waals surface area contributed by atoms with Crippen LogP contribution in [0.25, 0.3) is 16.9 Å². The minimum Gasteiger partial charge on any atom is -0.324 e. The molecule has 0 amide bonds. The Bertz CT molecular complexity index is 1410. The van der Waals surface area contributed by atoms with Crippen molar-refractivity contribution in [1.29, 1.82) is 0 Å². The van der Waals surface area contributed by atoms with Crippen molar-refractivity contribution in [1.82, 2.24) is 34.8 Å². The van der Waals surface area contributed by atoms with Crippen molar-refractivity contribution < 1.29 is 0 Å². The van der Waals surface area contributed by atoms with E-state index in [0.29, 0.717) is 22.8 Å². The third kappa shape index (κ3) is 3.96. The molecule has 1 aliphatic heterocycles. The van der Waals surface area contributed by atoms with E-state index < -0.39 is 0 Å². The highest BCUT2D eigenvalue weighted by atomic mass is 16.1. The first-order valence-corrected chi connectivity index (χ1v) is 11.7. The Morgan fingerprint density at radius 2 is 1.91 bits per heavy atom. The van der Waals surface area contributed by atoms with Gasteiger partial charge in [0, 0.05) is 29.9 Å². The second-order valence-electron chi connectivity index (χ2n) is 10.0. The maximum Gasteiger partial charge on any atom is 0.278 e. The van der Waals surface area contributed by atoms with E-state index >= 15 is 0 Å². The second-order valence-corrected chi connectivity index (χ2v) is 10.0. The van der Waals surface area contributed by atoms with Gasteiger partial charge in [-0.05, 0) is 62.2 Å². The Balaban J connectivity index is 1.59. The summed E-state index contributed by atoms with van der Waals surface area (Å²) in [5.74, 6) is 0.962. The highest BCUT2D eigenvalue weighted by molar-refractivity contribution is 5.77. The fourth-order valence-corrected chi connectivity index (χ4v) is 4.27. The molecule has 5 rings (SSSR count). The molecule has 34 heavy (non-hydrogen) atoms. The summed E-state index contributed by atoms with van der Waals surface area (Å²) < 4.78 is 3.39. The third-order valence-electron chi connectivity index (χ3n) is 6.10. The Labute approximate surface area is 198 Å². The average Bonchev–Trinajstić information content (AvgIpc) is 3.10. The van der Waals surface area contributed by atoms with Gasteiger partial charge in [0.1, 0.15) is 5.39 Å². The van der Waals surface area contributed by atoms with Crippen LogP contribution in [-0.2, 0) is 18.4 Å². The molecule has 4 aromatic rings. The molecule has 1 aromatic carbocycles. The summed E-state index contributed by atoms with van der Waals surface area (Å²) in [6, 6.07) is 10.0. The second kappa shape index (κ2) is 8.32. The van der Waals surface area contributed by atoms with Crippen LogP contribution in [0.4, 0.5) is 11.6 Å². The highest BCUT2D eigenvalue weighted by Gasteiger charge is 2.22. The van der Waals surface area contributed by atoms with Crippen molar-refractivity contribution in [2.45, 2.75) is 59.0 Å². The van der Waals surface area contributed by atoms with Crippen LogP contribution in [0.5, 0.6) is 0 Å². The first-order valence-electron chi connectivity index (χ1n) is 11.7. The Morgan fingerprint density at radius 3 is 2.62 bits per heavy atom. The summed E-state index contributed by atoms with van der Waals surface area (Å²) in [6.45, 7) is 12.0. The number of rotatable bonds is 4. The number of nitrogens with zero attached hydrogens (tertiary/aromatic N) is 6. The number of hydrogen-bond acceptors (Lipinski definition) is 7. The van der Waals surface area contributed by atoms with Crippen molar-refractivity contribution in [3.05, 3.63) is 63.7 Å². The van der Waals surface area contributed by atoms with E-state index in [-0.39, 0.29) is 17.0 Å². The summed E-state index contributed by atoms with van der Waals surface area (Å²) in [5, 5.41) is 16.0. The Hall–Kier alpha value is -3.59. The lowest BCUT2D eigenvalue weighted by Crippen LogP contribution is -2.25. The highest BCUT2D eigenvalue weighted by Crippen LogP contribution is 2.24. The summed E-state index contributed by atoms with van der Waals surface area (Å²) in [6.07, 6.45) is 2.61. The van der Waals surface area contributed by atoms with E-state index in [1.54, 1.807) is 15.6 Å². The number of aromatic nitrogens is 6. The molecule has 9 nitrogen and oxygen atoms in total. The van der Waals surface area contributed by atoms with Crippen molar-refractivity contribution in [2.24, 2.45) is 0 Å². The van der Waals surface area contributed by atoms with E-state index in [9.17, 15) is 4.79 Å². The molecule has 2 N–H and O–H groups in total. The molecule has 0 saturated heterocycles. The monoisotopic (exact) mass is 458 g/mol. The summed E-state index contributed by atoms with van der Waals surface area (Å²) >= 11 is 0. The number of fused-ring (bicyclic) bond motifs is 2. The predicted molar refractivity (Wildman–Crippen MR) is 133 cm³/mol. The van der Waals surface area contributed by atoms with Crippen LogP contribution in [0.15, 0.2) is 41.3 Å². The SMILES string of the molecule is CC(C)n1c(=O)c2cnc(Nc3ccc4c(c3)CNCC4)nc2n1-c1ccc(C(C)(C)C)nn1. The van der Waals surface area contributed by atoms with Gasteiger partial charge in [0.25, 0.3) is 5.56 Å². The molecule has 0 radical (unpaired) electrons. The van der Waals surface area contributed by atoms with Gasteiger partial charge in [-0.2, -0.15) is 10.1 Å². The first-order chi connectivity index (χ1) is 16.2. The van der Waals surface area contributed by atoms with Gasteiger partial charge in [-0.15, -0.1) is 5.10 Å². The summed E-state index contributed by atoms with van der Waals surface area (Å²) in [5.41, 5.74) is 4.64. The van der Waals surface area contributed by atoms with Crippen LogP contribution in [0, 0.1) is 0 Å². The number of benzene rings is 1. The molecule has 0 saturated carbocycles. The lowest BCUT2D eigenvalue weighted by atomic mass is 9.92. The largest absolute Gasteiger partial charge is 0.324 e. The van der Waals surface area contributed by atoms with Crippen LogP contribution >= 0.6 is 0 Å². The Morgan fingerprint density at radius 1 is 1.09 bits per heavy atom. The maximum absolute atomic E-state index is 13.2. The first kappa shape index (κ1) is 22.2. The van der Waals surface area contributed by atoms with Gasteiger partial charge in [0.15, 0.2) is 11.5 Å². The third-order valence-corrected chi connectivity index (χ3v) is 6.10. The summed E-state index contributed by atoms with van der Waals surface area (Å²) in [4.78, 5) is 22.4. The fourth-order valence-electron chi connectivity index (χ4n) is 4.27. The molecule has 0 fully saturated rings. The standard InChI is InChI=1S/C25H30N8O/c1-15(2)32-23(34)19-14-27-24(28-18-7-6-16-10-11-26-13-17(16)12-18)29-22(19)33(32)21-9-8-20(30-31-21)25(3,4)5/h6-9,12,14-15,26H,10-11,13H2,1-5H3,(H,27,28,29). The topological polar surface area (TPSA) is 103 Å². The minimum atomic E-state index is -0.155. The lowest BCUT2D eigenvalue weighted by Gasteiger charge is -2.18. The number of anilines is 2. The van der Waals surface area contributed by atoms with Gasteiger partial charge >= 0.3 is 0 Å². The molecule has 0 aliphatic carbocycles. The molecule has 3 aromatic heterocycles. The van der Waals surface area contributed by atoms with Crippen molar-refractivity contribution >= 4 is 22.7 Å². The molecule has 1 aliphatic rings. The van der Waals surface area contributed by atoms with E-state index in [1.165, 1.54) is 11.1 Å². The van der Waals surface area contributed by atoms with Crippen LogP contribution < -0.4 is 16.2 Å². The van der Waals surface area contributed by atoms with E-state index in [1.807, 2.05) is 32.0 Å². The van der Waals surface area contributed by atoms with Gasteiger partial charge < -0.3 is 10.6 Å². The molecule has 0 unspecified atom stereocenters. The van der Waals surface area contributed by atoms with Crippen LogP contribution in [-0.4, -0.2) is 36.1 Å². The normalized spacial score (nSPS) is 13.9. The van der Waals surface area contributed by atoms with Gasteiger partial charge in [-0.3, -0.25) is 4.79 Å². The molecule has 9 heteroatoms. The maximum atomic E-state index is 13.2. The molecule has 4 heterocycles.